The second kappa shape index (κ2) is 7.90. The number of aromatic hydroxyl groups is 1. The molecule has 0 saturated carbocycles. The van der Waals surface area contributed by atoms with Crippen molar-refractivity contribution in [1.29, 1.82) is 0 Å². The van der Waals surface area contributed by atoms with Crippen LogP contribution in [0.2, 0.25) is 0 Å². The van der Waals surface area contributed by atoms with Gasteiger partial charge in [0.05, 0.1) is 20.1 Å². The predicted molar refractivity (Wildman–Crippen MR) is 91.1 cm³/mol. The Balaban J connectivity index is 2.02. The van der Waals surface area contributed by atoms with E-state index in [-0.39, 0.29) is 23.6 Å². The number of carbonyl (C=O) groups excluding carboxylic acids is 1. The Morgan fingerprint density at radius 1 is 1.42 bits per heavy atom. The molecular formula is C17H25N3O4. The molecular weight excluding hydrogens is 310 g/mol. The fourth-order valence-electron chi connectivity index (χ4n) is 2.93. The van der Waals surface area contributed by atoms with E-state index in [9.17, 15) is 9.90 Å². The lowest BCUT2D eigenvalue weighted by Crippen LogP contribution is -2.40. The summed E-state index contributed by atoms with van der Waals surface area (Å²) in [6, 6.07) is 5.08. The third-order valence-electron chi connectivity index (χ3n) is 4.35. The number of hydrogen-bond donors (Lipinski definition) is 2. The van der Waals surface area contributed by atoms with Crippen LogP contribution in [0.3, 0.4) is 0 Å². The van der Waals surface area contributed by atoms with Crippen LogP contribution in [0.4, 0.5) is 0 Å². The van der Waals surface area contributed by atoms with Crippen molar-refractivity contribution in [3.63, 3.8) is 0 Å². The Hall–Kier alpha value is -2.44. The second-order valence-electron chi connectivity index (χ2n) is 5.91. The van der Waals surface area contributed by atoms with Crippen LogP contribution < -0.4 is 10.1 Å². The van der Waals surface area contributed by atoms with Crippen LogP contribution in [0.1, 0.15) is 12.5 Å². The first-order valence-electron chi connectivity index (χ1n) is 7.89. The Morgan fingerprint density at radius 2 is 2.17 bits per heavy atom. The number of benzene rings is 1. The zero-order valence-electron chi connectivity index (χ0n) is 14.6. The van der Waals surface area contributed by atoms with E-state index in [1.54, 1.807) is 32.4 Å². The molecule has 0 radical (unpaired) electrons. The van der Waals surface area contributed by atoms with E-state index in [4.69, 9.17) is 9.47 Å². The van der Waals surface area contributed by atoms with E-state index in [1.165, 1.54) is 7.11 Å². The van der Waals surface area contributed by atoms with Gasteiger partial charge in [-0.1, -0.05) is 6.92 Å². The minimum Gasteiger partial charge on any atom is -0.508 e. The maximum Gasteiger partial charge on any atom is 0.310 e. The van der Waals surface area contributed by atoms with Gasteiger partial charge in [0.15, 0.2) is 5.96 Å². The van der Waals surface area contributed by atoms with Gasteiger partial charge in [-0.3, -0.25) is 9.79 Å². The molecule has 1 aliphatic heterocycles. The summed E-state index contributed by atoms with van der Waals surface area (Å²) in [6.07, 6.45) is 0. The summed E-state index contributed by atoms with van der Waals surface area (Å²) in [6.45, 7) is 3.73. The number of phenolic OH excluding ortho intramolecular Hbond substituents is 1. The van der Waals surface area contributed by atoms with E-state index in [0.29, 0.717) is 30.4 Å². The molecule has 0 bridgehead atoms. The fourth-order valence-corrected chi connectivity index (χ4v) is 2.93. The number of nitrogens with zero attached hydrogens (tertiary/aromatic N) is 2. The smallest absolute Gasteiger partial charge is 0.310 e. The molecule has 0 aromatic heterocycles. The molecule has 1 aliphatic rings. The number of likely N-dealkylation sites (tertiary alicyclic amines) is 1. The first-order valence-corrected chi connectivity index (χ1v) is 7.89. The van der Waals surface area contributed by atoms with Crippen molar-refractivity contribution in [2.75, 3.05) is 34.4 Å². The summed E-state index contributed by atoms with van der Waals surface area (Å²) < 4.78 is 10.0. The van der Waals surface area contributed by atoms with Gasteiger partial charge in [-0.25, -0.2) is 0 Å². The number of methoxy groups -OCH3 is 2. The van der Waals surface area contributed by atoms with Crippen molar-refractivity contribution in [1.82, 2.24) is 10.2 Å². The third-order valence-corrected chi connectivity index (χ3v) is 4.35. The van der Waals surface area contributed by atoms with Crippen LogP contribution in [-0.4, -0.2) is 56.3 Å². The van der Waals surface area contributed by atoms with Crippen LogP contribution >= 0.6 is 0 Å². The number of hydrogen-bond acceptors (Lipinski definition) is 5. The lowest BCUT2D eigenvalue weighted by atomic mass is 9.99. The molecule has 132 valence electrons. The molecule has 1 aromatic carbocycles. The molecule has 2 unspecified atom stereocenters. The largest absolute Gasteiger partial charge is 0.508 e. The highest BCUT2D eigenvalue weighted by Crippen LogP contribution is 2.25. The Morgan fingerprint density at radius 3 is 2.79 bits per heavy atom. The lowest BCUT2D eigenvalue weighted by molar-refractivity contribution is -0.145. The van der Waals surface area contributed by atoms with Gasteiger partial charge in [0.1, 0.15) is 11.5 Å². The number of esters is 1. The molecule has 2 atom stereocenters. The van der Waals surface area contributed by atoms with Crippen LogP contribution in [0.25, 0.3) is 0 Å². The topological polar surface area (TPSA) is 83.4 Å². The van der Waals surface area contributed by atoms with Crippen LogP contribution in [0.5, 0.6) is 11.5 Å². The standard InChI is InChI=1S/C17H25N3O4/c1-11-9-20(10-14(11)16(22)24-4)17(18-2)19-8-12-7-13(23-3)5-6-15(12)21/h5-7,11,14,21H,8-10H2,1-4H3,(H,18,19). The highest BCUT2D eigenvalue weighted by Gasteiger charge is 2.36. The number of aliphatic imine (C=N–C) groups is 1. The highest BCUT2D eigenvalue weighted by molar-refractivity contribution is 5.82. The van der Waals surface area contributed by atoms with E-state index in [2.05, 4.69) is 10.3 Å². The zero-order valence-corrected chi connectivity index (χ0v) is 14.6. The minimum atomic E-state index is -0.189. The summed E-state index contributed by atoms with van der Waals surface area (Å²) in [5.74, 6) is 1.42. The summed E-state index contributed by atoms with van der Waals surface area (Å²) >= 11 is 0. The van der Waals surface area contributed by atoms with E-state index >= 15 is 0 Å². The molecule has 2 rings (SSSR count). The van der Waals surface area contributed by atoms with Crippen LogP contribution in [0.15, 0.2) is 23.2 Å². The maximum absolute atomic E-state index is 11.8. The molecule has 0 spiro atoms. The molecule has 1 fully saturated rings. The summed E-state index contributed by atoms with van der Waals surface area (Å²) in [7, 11) is 4.70. The molecule has 0 amide bonds. The first-order chi connectivity index (χ1) is 11.5. The van der Waals surface area contributed by atoms with Gasteiger partial charge in [-0.2, -0.15) is 0 Å². The summed E-state index contributed by atoms with van der Waals surface area (Å²) in [5, 5.41) is 13.2. The Labute approximate surface area is 142 Å². The SMILES string of the molecule is CN=C(NCc1cc(OC)ccc1O)N1CC(C)C(C(=O)OC)C1. The number of ether oxygens (including phenoxy) is 2. The van der Waals surface area contributed by atoms with Crippen molar-refractivity contribution in [3.05, 3.63) is 23.8 Å². The average molecular weight is 335 g/mol. The van der Waals surface area contributed by atoms with Gasteiger partial charge in [0.2, 0.25) is 0 Å². The van der Waals surface area contributed by atoms with E-state index < -0.39 is 0 Å². The monoisotopic (exact) mass is 335 g/mol. The molecule has 1 saturated heterocycles. The van der Waals surface area contributed by atoms with E-state index in [0.717, 1.165) is 6.54 Å². The van der Waals surface area contributed by atoms with Crippen molar-refractivity contribution in [2.45, 2.75) is 13.5 Å². The first kappa shape index (κ1) is 17.9. The number of rotatable bonds is 4. The number of phenols is 1. The van der Waals surface area contributed by atoms with Crippen molar-refractivity contribution >= 4 is 11.9 Å². The van der Waals surface area contributed by atoms with Crippen LogP contribution in [0, 0.1) is 11.8 Å². The predicted octanol–water partition coefficient (Wildman–Crippen LogP) is 1.22. The number of guanidine groups is 1. The molecule has 7 nitrogen and oxygen atoms in total. The van der Waals surface area contributed by atoms with Crippen molar-refractivity contribution in [2.24, 2.45) is 16.8 Å². The Kier molecular flexibility index (Phi) is 5.89. The third kappa shape index (κ3) is 3.90. The van der Waals surface area contributed by atoms with Gasteiger partial charge < -0.3 is 24.8 Å². The molecule has 7 heteroatoms. The van der Waals surface area contributed by atoms with Gasteiger partial charge in [0, 0.05) is 32.2 Å². The molecule has 1 aromatic rings. The molecule has 2 N–H and O–H groups in total. The zero-order chi connectivity index (χ0) is 17.7. The van der Waals surface area contributed by atoms with Crippen molar-refractivity contribution < 1.29 is 19.4 Å². The van der Waals surface area contributed by atoms with E-state index in [1.807, 2.05) is 11.8 Å². The molecule has 0 aliphatic carbocycles. The fraction of sp³-hybridized carbons (Fsp3) is 0.529. The van der Waals surface area contributed by atoms with Gasteiger partial charge in [-0.05, 0) is 24.1 Å². The quantitative estimate of drug-likeness (QED) is 0.489. The average Bonchev–Trinajstić information content (AvgIpc) is 2.97. The maximum atomic E-state index is 11.8. The van der Waals surface area contributed by atoms with Crippen molar-refractivity contribution in [3.8, 4) is 11.5 Å². The Bertz CT molecular complexity index is 618. The second-order valence-corrected chi connectivity index (χ2v) is 5.91. The highest BCUT2D eigenvalue weighted by atomic mass is 16.5. The minimum absolute atomic E-state index is 0.154. The van der Waals surface area contributed by atoms with Gasteiger partial charge in [0.25, 0.3) is 0 Å². The number of carbonyl (C=O) groups is 1. The molecule has 24 heavy (non-hydrogen) atoms. The molecule has 1 heterocycles. The number of nitrogens with one attached hydrogen (secondary N) is 1. The normalized spacial score (nSPS) is 20.8. The summed E-state index contributed by atoms with van der Waals surface area (Å²) in [5.41, 5.74) is 0.715. The van der Waals surface area contributed by atoms with Crippen LogP contribution in [-0.2, 0) is 16.1 Å². The summed E-state index contributed by atoms with van der Waals surface area (Å²) in [4.78, 5) is 18.1. The van der Waals surface area contributed by atoms with Gasteiger partial charge >= 0.3 is 5.97 Å². The lowest BCUT2D eigenvalue weighted by Gasteiger charge is -2.21. The van der Waals surface area contributed by atoms with Gasteiger partial charge in [-0.15, -0.1) is 0 Å².